The third kappa shape index (κ3) is 4.69. The van der Waals surface area contributed by atoms with Crippen molar-refractivity contribution in [3.63, 3.8) is 0 Å². The van der Waals surface area contributed by atoms with Gasteiger partial charge in [0.05, 0.1) is 4.90 Å². The van der Waals surface area contributed by atoms with Crippen molar-refractivity contribution in [2.45, 2.75) is 37.5 Å². The smallest absolute Gasteiger partial charge is 0.243 e. The Morgan fingerprint density at radius 1 is 0.848 bits per heavy atom. The van der Waals surface area contributed by atoms with Crippen molar-refractivity contribution >= 4 is 27.5 Å². The van der Waals surface area contributed by atoms with Gasteiger partial charge >= 0.3 is 0 Å². The molecule has 1 N–H and O–H groups in total. The van der Waals surface area contributed by atoms with Crippen LogP contribution in [0.15, 0.2) is 53.8 Å². The van der Waals surface area contributed by atoms with Gasteiger partial charge in [-0.3, -0.25) is 0 Å². The number of nitrogens with zero attached hydrogens (tertiary/aromatic N) is 5. The van der Waals surface area contributed by atoms with E-state index in [1.165, 1.54) is 23.9 Å². The molecule has 8 nitrogen and oxygen atoms in total. The van der Waals surface area contributed by atoms with Crippen LogP contribution in [0.25, 0.3) is 0 Å². The molecule has 33 heavy (non-hydrogen) atoms. The predicted octanol–water partition coefficient (Wildman–Crippen LogP) is 3.31. The van der Waals surface area contributed by atoms with Gasteiger partial charge in [-0.15, -0.1) is 0 Å². The van der Waals surface area contributed by atoms with Crippen LogP contribution in [0.2, 0.25) is 0 Å². The van der Waals surface area contributed by atoms with Gasteiger partial charge in [0.25, 0.3) is 0 Å². The molecule has 0 atom stereocenters. The number of benzene rings is 1. The zero-order valence-corrected chi connectivity index (χ0v) is 19.6. The van der Waals surface area contributed by atoms with Gasteiger partial charge in [0.15, 0.2) is 0 Å². The number of rotatable bonds is 5. The molecule has 0 bridgehead atoms. The molecular weight excluding hydrogens is 436 g/mol. The van der Waals surface area contributed by atoms with Gasteiger partial charge in [-0.05, 0) is 73.6 Å². The lowest BCUT2D eigenvalue weighted by molar-refractivity contribution is 0.383. The molecular formula is C24H28N6O2S. The maximum absolute atomic E-state index is 13.3. The predicted molar refractivity (Wildman–Crippen MR) is 128 cm³/mol. The van der Waals surface area contributed by atoms with Crippen LogP contribution in [0.1, 0.15) is 29.5 Å². The first kappa shape index (κ1) is 21.8. The van der Waals surface area contributed by atoms with Gasteiger partial charge in [0, 0.05) is 38.4 Å². The van der Waals surface area contributed by atoms with Crippen molar-refractivity contribution in [2.24, 2.45) is 0 Å². The van der Waals surface area contributed by atoms with Crippen molar-refractivity contribution in [3.05, 3.63) is 65.6 Å². The molecule has 1 aliphatic carbocycles. The van der Waals surface area contributed by atoms with E-state index in [-0.39, 0.29) is 0 Å². The van der Waals surface area contributed by atoms with Crippen LogP contribution >= 0.6 is 0 Å². The van der Waals surface area contributed by atoms with Crippen molar-refractivity contribution in [1.82, 2.24) is 19.3 Å². The van der Waals surface area contributed by atoms with Gasteiger partial charge in [-0.2, -0.15) is 4.31 Å². The number of aryl methyl sites for hydroxylation is 3. The Hall–Kier alpha value is -3.04. The number of hydrogen-bond acceptors (Lipinski definition) is 7. The van der Waals surface area contributed by atoms with E-state index in [0.717, 1.165) is 36.5 Å². The molecule has 1 aliphatic heterocycles. The van der Waals surface area contributed by atoms with Gasteiger partial charge < -0.3 is 10.2 Å². The third-order valence-electron chi connectivity index (χ3n) is 6.34. The van der Waals surface area contributed by atoms with Crippen LogP contribution in [0.5, 0.6) is 0 Å². The zero-order valence-electron chi connectivity index (χ0n) is 18.7. The van der Waals surface area contributed by atoms with E-state index in [1.807, 2.05) is 37.3 Å². The zero-order chi connectivity index (χ0) is 22.8. The summed E-state index contributed by atoms with van der Waals surface area (Å²) in [5, 5.41) is 3.21. The summed E-state index contributed by atoms with van der Waals surface area (Å²) in [6.07, 6.45) is 7.60. The summed E-state index contributed by atoms with van der Waals surface area (Å²) in [4.78, 5) is 15.5. The molecule has 2 aromatic heterocycles. The second-order valence-corrected chi connectivity index (χ2v) is 10.6. The third-order valence-corrected chi connectivity index (χ3v) is 8.24. The quantitative estimate of drug-likeness (QED) is 0.619. The number of fused-ring (bicyclic) bond motifs is 1. The number of anilines is 3. The van der Waals surface area contributed by atoms with E-state index in [9.17, 15) is 8.42 Å². The first-order valence-corrected chi connectivity index (χ1v) is 12.8. The number of pyridine rings is 1. The molecule has 0 radical (unpaired) electrons. The van der Waals surface area contributed by atoms with E-state index in [0.29, 0.717) is 36.9 Å². The first-order valence-electron chi connectivity index (χ1n) is 11.4. The number of aromatic nitrogens is 3. The minimum Gasteiger partial charge on any atom is -0.354 e. The Balaban J connectivity index is 1.26. The molecule has 1 fully saturated rings. The Morgan fingerprint density at radius 2 is 1.61 bits per heavy atom. The van der Waals surface area contributed by atoms with Crippen LogP contribution in [-0.2, 0) is 22.9 Å². The van der Waals surface area contributed by atoms with Crippen molar-refractivity contribution in [1.29, 1.82) is 0 Å². The van der Waals surface area contributed by atoms with Gasteiger partial charge in [0.2, 0.25) is 10.0 Å². The molecule has 9 heteroatoms. The average molecular weight is 465 g/mol. The second-order valence-electron chi connectivity index (χ2n) is 8.63. The molecule has 5 rings (SSSR count). The summed E-state index contributed by atoms with van der Waals surface area (Å²) in [5.74, 6) is 2.15. The maximum atomic E-state index is 13.3. The van der Waals surface area contributed by atoms with Gasteiger partial charge in [0.1, 0.15) is 23.8 Å². The fraction of sp³-hybridized carbons (Fsp3) is 0.375. The van der Waals surface area contributed by atoms with E-state index in [4.69, 9.17) is 0 Å². The summed E-state index contributed by atoms with van der Waals surface area (Å²) >= 11 is 0. The minimum atomic E-state index is -3.50. The van der Waals surface area contributed by atoms with Crippen LogP contribution in [0, 0.1) is 6.92 Å². The Labute approximate surface area is 194 Å². The highest BCUT2D eigenvalue weighted by molar-refractivity contribution is 7.89. The highest BCUT2D eigenvalue weighted by atomic mass is 32.2. The van der Waals surface area contributed by atoms with Crippen molar-refractivity contribution < 1.29 is 8.42 Å². The fourth-order valence-corrected chi connectivity index (χ4v) is 5.97. The van der Waals surface area contributed by atoms with Crippen molar-refractivity contribution in [2.75, 3.05) is 36.4 Å². The normalized spacial score (nSPS) is 16.9. The topological polar surface area (TPSA) is 91.3 Å². The molecule has 3 aromatic rings. The second kappa shape index (κ2) is 9.07. The van der Waals surface area contributed by atoms with Gasteiger partial charge in [-0.1, -0.05) is 6.07 Å². The molecule has 2 aliphatic rings. The number of piperazine rings is 1. The Kier molecular flexibility index (Phi) is 5.99. The highest BCUT2D eigenvalue weighted by Crippen LogP contribution is 2.27. The lowest BCUT2D eigenvalue weighted by atomic mass is 9.92. The van der Waals surface area contributed by atoms with Crippen LogP contribution in [0.3, 0.4) is 0 Å². The average Bonchev–Trinajstić information content (AvgIpc) is 2.84. The molecule has 0 amide bonds. The number of sulfonamides is 1. The summed E-state index contributed by atoms with van der Waals surface area (Å²) in [5.41, 5.74) is 3.59. The molecule has 0 saturated carbocycles. The summed E-state index contributed by atoms with van der Waals surface area (Å²) in [6.45, 7) is 4.00. The molecule has 0 unspecified atom stereocenters. The van der Waals surface area contributed by atoms with E-state index < -0.39 is 10.0 Å². The molecule has 1 aromatic carbocycles. The van der Waals surface area contributed by atoms with E-state index in [2.05, 4.69) is 25.2 Å². The standard InChI is InChI=1S/C24H28N6O2S/c1-18-8-9-25-22(14-18)28-23-16-24(27-17-26-23)29-10-12-30(13-11-29)33(31,32)21-7-6-19-4-2-3-5-20(19)15-21/h6-9,14-17H,2-5,10-13H2,1H3,(H,25,26,27,28). The Morgan fingerprint density at radius 3 is 2.39 bits per heavy atom. The summed E-state index contributed by atoms with van der Waals surface area (Å²) < 4.78 is 28.1. The van der Waals surface area contributed by atoms with E-state index in [1.54, 1.807) is 16.6 Å². The monoisotopic (exact) mass is 464 g/mol. The molecule has 1 saturated heterocycles. The maximum Gasteiger partial charge on any atom is 0.243 e. The van der Waals surface area contributed by atoms with Gasteiger partial charge in [-0.25, -0.2) is 23.4 Å². The fourth-order valence-electron chi connectivity index (χ4n) is 4.50. The number of hydrogen-bond donors (Lipinski definition) is 1. The first-order chi connectivity index (χ1) is 16.0. The lowest BCUT2D eigenvalue weighted by Crippen LogP contribution is -2.49. The van der Waals surface area contributed by atoms with E-state index >= 15 is 0 Å². The molecule has 3 heterocycles. The van der Waals surface area contributed by atoms with Crippen LogP contribution < -0.4 is 10.2 Å². The molecule has 0 spiro atoms. The SMILES string of the molecule is Cc1ccnc(Nc2cc(N3CCN(S(=O)(=O)c4ccc5c(c4)CCCC5)CC3)ncn2)c1. The minimum absolute atomic E-state index is 0.413. The largest absolute Gasteiger partial charge is 0.354 e. The van der Waals surface area contributed by atoms with Crippen LogP contribution in [-0.4, -0.2) is 53.9 Å². The summed E-state index contributed by atoms with van der Waals surface area (Å²) in [6, 6.07) is 11.4. The summed E-state index contributed by atoms with van der Waals surface area (Å²) in [7, 11) is -3.50. The highest BCUT2D eigenvalue weighted by Gasteiger charge is 2.29. The molecule has 172 valence electrons. The lowest BCUT2D eigenvalue weighted by Gasteiger charge is -2.34. The van der Waals surface area contributed by atoms with Crippen molar-refractivity contribution in [3.8, 4) is 0 Å². The van der Waals surface area contributed by atoms with Crippen LogP contribution in [0.4, 0.5) is 17.5 Å². The number of nitrogens with one attached hydrogen (secondary N) is 1. The Bertz CT molecular complexity index is 1260.